The van der Waals surface area contributed by atoms with E-state index in [0.717, 1.165) is 32.7 Å². The van der Waals surface area contributed by atoms with Crippen molar-refractivity contribution in [1.82, 2.24) is 0 Å². The molecule has 1 N–H and O–H groups in total. The van der Waals surface area contributed by atoms with Gasteiger partial charge in [0.25, 0.3) is 0 Å². The van der Waals surface area contributed by atoms with Gasteiger partial charge in [-0.15, -0.1) is 0 Å². The number of nitrogens with one attached hydrogen (secondary N) is 1. The lowest BCUT2D eigenvalue weighted by Crippen LogP contribution is -3.15. The Balaban J connectivity index is 1.83. The fourth-order valence-corrected chi connectivity index (χ4v) is 3.50. The van der Waals surface area contributed by atoms with E-state index in [1.807, 2.05) is 0 Å². The van der Waals surface area contributed by atoms with Crippen molar-refractivity contribution in [2.24, 2.45) is 17.8 Å². The van der Waals surface area contributed by atoms with E-state index in [9.17, 15) is 4.79 Å². The smallest absolute Gasteiger partial charge is 0.361 e. The Hall–Kier alpha value is -0.610. The van der Waals surface area contributed by atoms with E-state index in [4.69, 9.17) is 9.47 Å². The molecule has 2 aliphatic rings. The Kier molecular flexibility index (Phi) is 5.85. The van der Waals surface area contributed by atoms with Crippen LogP contribution in [0.15, 0.2) is 0 Å². The average Bonchev–Trinajstić information content (AvgIpc) is 2.39. The highest BCUT2D eigenvalue weighted by molar-refractivity contribution is 5.70. The van der Waals surface area contributed by atoms with E-state index in [1.165, 1.54) is 17.7 Å². The molecule has 0 spiro atoms. The Morgan fingerprint density at radius 2 is 2.00 bits per heavy atom. The lowest BCUT2D eigenvalue weighted by molar-refractivity contribution is -0.900. The molecule has 0 aromatic rings. The second kappa shape index (κ2) is 7.41. The van der Waals surface area contributed by atoms with E-state index in [2.05, 4.69) is 20.8 Å². The molecule has 1 saturated carbocycles. The molecule has 0 radical (unpaired) electrons. The SMILES string of the molecule is CC(C)[C@H]1CC[C@H](C)C[C@H]1OC(=O)C[NH+]1CCOCC1. The molecular weight excluding hydrogens is 254 g/mol. The molecule has 1 heterocycles. The number of quaternary nitrogens is 1. The molecule has 20 heavy (non-hydrogen) atoms. The van der Waals surface area contributed by atoms with Crippen LogP contribution in [-0.2, 0) is 14.3 Å². The maximum atomic E-state index is 12.2. The van der Waals surface area contributed by atoms with Gasteiger partial charge in [0, 0.05) is 0 Å². The van der Waals surface area contributed by atoms with E-state index in [1.54, 1.807) is 0 Å². The second-order valence-corrected chi connectivity index (χ2v) is 6.89. The van der Waals surface area contributed by atoms with Gasteiger partial charge in [0.2, 0.25) is 0 Å². The molecule has 0 aromatic heterocycles. The Bertz CT molecular complexity index is 313. The highest BCUT2D eigenvalue weighted by atomic mass is 16.5. The maximum absolute atomic E-state index is 12.2. The number of morpholine rings is 1. The number of ether oxygens (including phenoxy) is 2. The highest BCUT2D eigenvalue weighted by Gasteiger charge is 2.34. The van der Waals surface area contributed by atoms with Crippen molar-refractivity contribution in [3.05, 3.63) is 0 Å². The standard InChI is InChI=1S/C16H29NO3/c1-12(2)14-5-4-13(3)10-15(14)20-16(18)11-17-6-8-19-9-7-17/h12-15H,4-11H2,1-3H3/p+1/t13-,14+,15+/m0/s1. The highest BCUT2D eigenvalue weighted by Crippen LogP contribution is 2.35. The summed E-state index contributed by atoms with van der Waals surface area (Å²) in [7, 11) is 0. The molecule has 2 fully saturated rings. The third-order valence-electron chi connectivity index (χ3n) is 4.84. The van der Waals surface area contributed by atoms with Gasteiger partial charge in [-0.05, 0) is 30.6 Å². The van der Waals surface area contributed by atoms with Crippen molar-refractivity contribution < 1.29 is 19.2 Å². The first-order valence-corrected chi connectivity index (χ1v) is 8.17. The topological polar surface area (TPSA) is 40.0 Å². The van der Waals surface area contributed by atoms with Gasteiger partial charge in [-0.25, -0.2) is 4.79 Å². The van der Waals surface area contributed by atoms with E-state index in [-0.39, 0.29) is 12.1 Å². The van der Waals surface area contributed by atoms with Crippen molar-refractivity contribution in [2.45, 2.75) is 46.1 Å². The predicted octanol–water partition coefficient (Wildman–Crippen LogP) is 0.906. The molecule has 4 nitrogen and oxygen atoms in total. The summed E-state index contributed by atoms with van der Waals surface area (Å²) in [5, 5.41) is 0. The zero-order valence-electron chi connectivity index (χ0n) is 13.2. The first-order valence-electron chi connectivity index (χ1n) is 8.17. The van der Waals surface area contributed by atoms with Crippen LogP contribution in [0.25, 0.3) is 0 Å². The van der Waals surface area contributed by atoms with Crippen LogP contribution in [0.4, 0.5) is 0 Å². The molecule has 0 aromatic carbocycles. The van der Waals surface area contributed by atoms with Gasteiger partial charge < -0.3 is 14.4 Å². The number of hydrogen-bond donors (Lipinski definition) is 1. The maximum Gasteiger partial charge on any atom is 0.361 e. The fraction of sp³-hybridized carbons (Fsp3) is 0.938. The molecule has 3 atom stereocenters. The minimum absolute atomic E-state index is 0.0216. The van der Waals surface area contributed by atoms with Gasteiger partial charge in [0.1, 0.15) is 19.2 Å². The number of rotatable bonds is 4. The van der Waals surface area contributed by atoms with Crippen LogP contribution in [0.1, 0.15) is 40.0 Å². The zero-order valence-corrected chi connectivity index (χ0v) is 13.2. The largest absolute Gasteiger partial charge is 0.458 e. The average molecular weight is 284 g/mol. The van der Waals surface area contributed by atoms with Crippen LogP contribution < -0.4 is 4.90 Å². The van der Waals surface area contributed by atoms with Crippen LogP contribution >= 0.6 is 0 Å². The number of carbonyl (C=O) groups is 1. The molecule has 2 rings (SSSR count). The van der Waals surface area contributed by atoms with Crippen molar-refractivity contribution >= 4 is 5.97 Å². The van der Waals surface area contributed by atoms with Gasteiger partial charge in [-0.2, -0.15) is 0 Å². The minimum atomic E-state index is -0.0216. The Morgan fingerprint density at radius 1 is 1.30 bits per heavy atom. The van der Waals surface area contributed by atoms with Crippen LogP contribution in [0.3, 0.4) is 0 Å². The Labute approximate surface area is 122 Å². The van der Waals surface area contributed by atoms with Gasteiger partial charge >= 0.3 is 5.97 Å². The molecular formula is C16H30NO3+. The number of carbonyl (C=O) groups excluding carboxylic acids is 1. The van der Waals surface area contributed by atoms with Gasteiger partial charge in [0.05, 0.1) is 13.2 Å². The molecule has 0 amide bonds. The van der Waals surface area contributed by atoms with Crippen LogP contribution in [0, 0.1) is 17.8 Å². The summed E-state index contributed by atoms with van der Waals surface area (Å²) in [6, 6.07) is 0. The molecule has 0 bridgehead atoms. The van der Waals surface area contributed by atoms with Crippen LogP contribution in [-0.4, -0.2) is 44.9 Å². The molecule has 116 valence electrons. The first-order chi connectivity index (χ1) is 9.56. The molecule has 1 saturated heterocycles. The quantitative estimate of drug-likeness (QED) is 0.780. The summed E-state index contributed by atoms with van der Waals surface area (Å²) < 4.78 is 11.2. The summed E-state index contributed by atoms with van der Waals surface area (Å²) in [6.45, 7) is 10.6. The Morgan fingerprint density at radius 3 is 2.65 bits per heavy atom. The summed E-state index contributed by atoms with van der Waals surface area (Å²) in [5.41, 5.74) is 0. The molecule has 0 unspecified atom stereocenters. The summed E-state index contributed by atoms with van der Waals surface area (Å²) in [4.78, 5) is 13.5. The van der Waals surface area contributed by atoms with Crippen molar-refractivity contribution in [3.63, 3.8) is 0 Å². The van der Waals surface area contributed by atoms with Crippen molar-refractivity contribution in [2.75, 3.05) is 32.8 Å². The summed E-state index contributed by atoms with van der Waals surface area (Å²) in [5.74, 6) is 1.79. The minimum Gasteiger partial charge on any atom is -0.458 e. The second-order valence-electron chi connectivity index (χ2n) is 6.89. The monoisotopic (exact) mass is 284 g/mol. The molecule has 1 aliphatic carbocycles. The van der Waals surface area contributed by atoms with Gasteiger partial charge in [-0.3, -0.25) is 0 Å². The third kappa shape index (κ3) is 4.45. The number of hydrogen-bond acceptors (Lipinski definition) is 3. The summed E-state index contributed by atoms with van der Waals surface area (Å²) >= 11 is 0. The van der Waals surface area contributed by atoms with E-state index in [0.29, 0.717) is 24.3 Å². The lowest BCUT2D eigenvalue weighted by Gasteiger charge is -2.36. The first kappa shape index (κ1) is 15.8. The normalized spacial score (nSPS) is 32.3. The molecule has 4 heteroatoms. The number of esters is 1. The van der Waals surface area contributed by atoms with Gasteiger partial charge in [-0.1, -0.05) is 27.2 Å². The fourth-order valence-electron chi connectivity index (χ4n) is 3.50. The van der Waals surface area contributed by atoms with E-state index < -0.39 is 0 Å². The van der Waals surface area contributed by atoms with E-state index >= 15 is 0 Å². The van der Waals surface area contributed by atoms with Crippen LogP contribution in [0.5, 0.6) is 0 Å². The summed E-state index contributed by atoms with van der Waals surface area (Å²) in [6.07, 6.45) is 3.63. The van der Waals surface area contributed by atoms with Crippen molar-refractivity contribution in [3.8, 4) is 0 Å². The molecule has 1 aliphatic heterocycles. The predicted molar refractivity (Wildman–Crippen MR) is 77.6 cm³/mol. The zero-order chi connectivity index (χ0) is 14.5. The third-order valence-corrected chi connectivity index (χ3v) is 4.84. The lowest BCUT2D eigenvalue weighted by atomic mass is 9.75. The van der Waals surface area contributed by atoms with Crippen molar-refractivity contribution in [1.29, 1.82) is 0 Å². The van der Waals surface area contributed by atoms with Crippen LogP contribution in [0.2, 0.25) is 0 Å². The van der Waals surface area contributed by atoms with Gasteiger partial charge in [0.15, 0.2) is 6.54 Å².